The van der Waals surface area contributed by atoms with Crippen LogP contribution in [-0.4, -0.2) is 19.9 Å². The summed E-state index contributed by atoms with van der Waals surface area (Å²) in [5, 5.41) is 8.88. The van der Waals surface area contributed by atoms with E-state index in [1.165, 1.54) is 6.26 Å². The van der Waals surface area contributed by atoms with Crippen molar-refractivity contribution < 1.29 is 8.42 Å². The Kier molecular flexibility index (Phi) is 2.69. The number of sulfone groups is 1. The van der Waals surface area contributed by atoms with Gasteiger partial charge in [-0.25, -0.2) is 8.42 Å². The third-order valence-electron chi connectivity index (χ3n) is 2.83. The van der Waals surface area contributed by atoms with Gasteiger partial charge in [-0.1, -0.05) is 23.7 Å². The highest BCUT2D eigenvalue weighted by Gasteiger charge is 2.57. The van der Waals surface area contributed by atoms with Crippen molar-refractivity contribution in [3.63, 3.8) is 0 Å². The van der Waals surface area contributed by atoms with Crippen LogP contribution in [0.15, 0.2) is 24.3 Å². The number of hydrogen-bond donors (Lipinski definition) is 0. The van der Waals surface area contributed by atoms with Gasteiger partial charge in [0.2, 0.25) is 0 Å². The lowest BCUT2D eigenvalue weighted by Gasteiger charge is -1.99. The summed E-state index contributed by atoms with van der Waals surface area (Å²) in [4.78, 5) is 0. The average molecular weight is 256 g/mol. The fourth-order valence-electron chi connectivity index (χ4n) is 2.08. The van der Waals surface area contributed by atoms with Gasteiger partial charge >= 0.3 is 0 Å². The van der Waals surface area contributed by atoms with E-state index in [2.05, 4.69) is 0 Å². The maximum atomic E-state index is 11.4. The molecule has 2 rings (SSSR count). The molecule has 0 saturated heterocycles. The van der Waals surface area contributed by atoms with Crippen LogP contribution in [-0.2, 0) is 9.84 Å². The van der Waals surface area contributed by atoms with Crippen LogP contribution in [0, 0.1) is 17.2 Å². The average Bonchev–Trinajstić information content (AvgIpc) is 2.91. The Balaban J connectivity index is 2.35. The molecule has 5 heteroatoms. The van der Waals surface area contributed by atoms with Crippen LogP contribution in [0.3, 0.4) is 0 Å². The fraction of sp³-hybridized carbons (Fsp3) is 0.364. The van der Waals surface area contributed by atoms with E-state index >= 15 is 0 Å². The Morgan fingerprint density at radius 3 is 2.56 bits per heavy atom. The molecule has 0 heterocycles. The second-order valence-corrected chi connectivity index (χ2v) is 6.67. The van der Waals surface area contributed by atoms with Crippen molar-refractivity contribution in [3.8, 4) is 6.07 Å². The highest BCUT2D eigenvalue weighted by atomic mass is 35.5. The van der Waals surface area contributed by atoms with Crippen LogP contribution < -0.4 is 0 Å². The molecule has 0 aliphatic heterocycles. The van der Waals surface area contributed by atoms with Gasteiger partial charge < -0.3 is 0 Å². The minimum atomic E-state index is -3.17. The highest BCUT2D eigenvalue weighted by Crippen LogP contribution is 2.51. The fourth-order valence-corrected chi connectivity index (χ4v) is 3.81. The first kappa shape index (κ1) is 11.4. The van der Waals surface area contributed by atoms with Crippen LogP contribution in [0.25, 0.3) is 0 Å². The summed E-state index contributed by atoms with van der Waals surface area (Å²) in [6.07, 6.45) is 1.17. The predicted octanol–water partition coefficient (Wildman–Crippen LogP) is 1.99. The zero-order valence-electron chi connectivity index (χ0n) is 8.59. The van der Waals surface area contributed by atoms with Gasteiger partial charge in [0.1, 0.15) is 0 Å². The molecule has 3 nitrogen and oxygen atoms in total. The normalized spacial score (nSPS) is 28.4. The quantitative estimate of drug-likeness (QED) is 0.812. The molecule has 84 valence electrons. The van der Waals surface area contributed by atoms with Gasteiger partial charge in [0.05, 0.1) is 17.2 Å². The molecule has 0 N–H and O–H groups in total. The molecule has 1 aliphatic carbocycles. The van der Waals surface area contributed by atoms with Crippen LogP contribution in [0.1, 0.15) is 11.5 Å². The molecule has 1 aromatic carbocycles. The van der Waals surface area contributed by atoms with Gasteiger partial charge in [-0.05, 0) is 17.7 Å². The van der Waals surface area contributed by atoms with E-state index in [0.29, 0.717) is 5.02 Å². The zero-order chi connectivity index (χ0) is 11.9. The van der Waals surface area contributed by atoms with Gasteiger partial charge in [0.15, 0.2) is 9.84 Å². The minimum Gasteiger partial charge on any atom is -0.229 e. The van der Waals surface area contributed by atoms with Crippen molar-refractivity contribution in [2.24, 2.45) is 5.92 Å². The largest absolute Gasteiger partial charge is 0.229 e. The summed E-state index contributed by atoms with van der Waals surface area (Å²) >= 11 is 5.84. The van der Waals surface area contributed by atoms with Gasteiger partial charge in [0, 0.05) is 17.2 Å². The van der Waals surface area contributed by atoms with Crippen molar-refractivity contribution in [2.75, 3.05) is 6.26 Å². The van der Waals surface area contributed by atoms with E-state index in [1.807, 2.05) is 12.1 Å². The molecule has 1 fully saturated rings. The van der Waals surface area contributed by atoms with Crippen molar-refractivity contribution in [1.29, 1.82) is 5.26 Å². The molecule has 3 atom stereocenters. The Bertz CT molecular complexity index is 562. The van der Waals surface area contributed by atoms with Crippen LogP contribution >= 0.6 is 11.6 Å². The molecule has 1 aliphatic rings. The third kappa shape index (κ3) is 1.93. The summed E-state index contributed by atoms with van der Waals surface area (Å²) in [7, 11) is -3.17. The van der Waals surface area contributed by atoms with E-state index < -0.39 is 21.0 Å². The number of nitriles is 1. The smallest absolute Gasteiger partial charge is 0.152 e. The van der Waals surface area contributed by atoms with E-state index in [0.717, 1.165) is 5.56 Å². The van der Waals surface area contributed by atoms with Crippen LogP contribution in [0.5, 0.6) is 0 Å². The topological polar surface area (TPSA) is 57.9 Å². The first-order valence-corrected chi connectivity index (χ1v) is 7.12. The summed E-state index contributed by atoms with van der Waals surface area (Å²) in [5.74, 6) is -0.660. The molecule has 0 amide bonds. The molecule has 0 bridgehead atoms. The predicted molar refractivity (Wildman–Crippen MR) is 61.9 cm³/mol. The Hall–Kier alpha value is -1.05. The molecule has 0 spiro atoms. The Morgan fingerprint density at radius 1 is 1.44 bits per heavy atom. The van der Waals surface area contributed by atoms with E-state index in [4.69, 9.17) is 16.9 Å². The summed E-state index contributed by atoms with van der Waals surface area (Å²) < 4.78 is 22.9. The number of halogens is 1. The lowest BCUT2D eigenvalue weighted by molar-refractivity contribution is 0.599. The Labute approximate surface area is 99.6 Å². The summed E-state index contributed by atoms with van der Waals surface area (Å²) in [6.45, 7) is 0. The van der Waals surface area contributed by atoms with E-state index in [9.17, 15) is 8.42 Å². The maximum Gasteiger partial charge on any atom is 0.152 e. The first-order valence-electron chi connectivity index (χ1n) is 4.79. The van der Waals surface area contributed by atoms with Crippen molar-refractivity contribution in [2.45, 2.75) is 11.2 Å². The molecular weight excluding hydrogens is 246 g/mol. The van der Waals surface area contributed by atoms with Crippen LogP contribution in [0.2, 0.25) is 5.02 Å². The van der Waals surface area contributed by atoms with Crippen LogP contribution in [0.4, 0.5) is 0 Å². The van der Waals surface area contributed by atoms with E-state index in [-0.39, 0.29) is 5.92 Å². The first-order chi connectivity index (χ1) is 7.45. The number of rotatable bonds is 2. The molecule has 0 unspecified atom stereocenters. The number of hydrogen-bond acceptors (Lipinski definition) is 3. The third-order valence-corrected chi connectivity index (χ3v) is 4.64. The number of benzene rings is 1. The van der Waals surface area contributed by atoms with Gasteiger partial charge in [0.25, 0.3) is 0 Å². The SMILES string of the molecule is CS(=O)(=O)[C@@H]1[C@H](C#N)[C@H]1c1cccc(Cl)c1. The van der Waals surface area contributed by atoms with Gasteiger partial charge in [-0.2, -0.15) is 5.26 Å². The zero-order valence-corrected chi connectivity index (χ0v) is 10.2. The second-order valence-electron chi connectivity index (χ2n) is 4.03. The molecule has 0 aromatic heterocycles. The van der Waals surface area contributed by atoms with Crippen molar-refractivity contribution in [1.82, 2.24) is 0 Å². The van der Waals surface area contributed by atoms with Crippen molar-refractivity contribution in [3.05, 3.63) is 34.9 Å². The minimum absolute atomic E-state index is 0.223. The molecule has 1 saturated carbocycles. The standard InChI is InChI=1S/C11H10ClNO2S/c1-16(14,15)11-9(6-13)10(11)7-3-2-4-8(12)5-7/h2-5,9-11H,1H3/t9-,10-,11-/m1/s1. The lowest BCUT2D eigenvalue weighted by Crippen LogP contribution is -2.06. The summed E-state index contributed by atoms with van der Waals surface area (Å²) in [6, 6.07) is 9.07. The molecular formula is C11H10ClNO2S. The molecule has 0 radical (unpaired) electrons. The van der Waals surface area contributed by atoms with Crippen molar-refractivity contribution >= 4 is 21.4 Å². The van der Waals surface area contributed by atoms with E-state index in [1.54, 1.807) is 18.2 Å². The summed E-state index contributed by atoms with van der Waals surface area (Å²) in [5.41, 5.74) is 0.828. The molecule has 1 aromatic rings. The highest BCUT2D eigenvalue weighted by molar-refractivity contribution is 7.91. The number of nitrogens with zero attached hydrogens (tertiary/aromatic N) is 1. The Morgan fingerprint density at radius 2 is 2.12 bits per heavy atom. The monoisotopic (exact) mass is 255 g/mol. The van der Waals surface area contributed by atoms with Gasteiger partial charge in [-0.3, -0.25) is 0 Å². The lowest BCUT2D eigenvalue weighted by atomic mass is 10.1. The maximum absolute atomic E-state index is 11.4. The van der Waals surface area contributed by atoms with Gasteiger partial charge in [-0.15, -0.1) is 0 Å². The second kappa shape index (κ2) is 3.76. The molecule has 16 heavy (non-hydrogen) atoms.